The van der Waals surface area contributed by atoms with Gasteiger partial charge < -0.3 is 14.5 Å². The van der Waals surface area contributed by atoms with Gasteiger partial charge in [-0.05, 0) is 40.8 Å². The lowest BCUT2D eigenvalue weighted by Gasteiger charge is -2.08. The molecule has 130 valence electrons. The first-order valence-electron chi connectivity index (χ1n) is 7.20. The van der Waals surface area contributed by atoms with Crippen LogP contribution in [0.25, 0.3) is 0 Å². The molecule has 2 aromatic heterocycles. The summed E-state index contributed by atoms with van der Waals surface area (Å²) in [7, 11) is 1.53. The number of rotatable bonds is 7. The molecule has 0 bridgehead atoms. The van der Waals surface area contributed by atoms with Crippen molar-refractivity contribution < 1.29 is 13.9 Å². The third-order valence-corrected chi connectivity index (χ3v) is 4.41. The van der Waals surface area contributed by atoms with Crippen LogP contribution >= 0.6 is 23.4 Å². The summed E-state index contributed by atoms with van der Waals surface area (Å²) in [6, 6.07) is 8.66. The minimum atomic E-state index is -0.196. The Morgan fingerprint density at radius 2 is 2.32 bits per heavy atom. The van der Waals surface area contributed by atoms with E-state index in [4.69, 9.17) is 20.8 Å². The molecule has 0 saturated carbocycles. The van der Waals surface area contributed by atoms with E-state index in [1.165, 1.54) is 18.9 Å². The molecule has 0 aliphatic heterocycles. The number of aromatic nitrogens is 4. The molecule has 3 rings (SSSR count). The maximum Gasteiger partial charge on any atom is 0.234 e. The van der Waals surface area contributed by atoms with E-state index >= 15 is 0 Å². The fraction of sp³-hybridized carbons (Fsp3) is 0.200. The van der Waals surface area contributed by atoms with Crippen molar-refractivity contribution in [3.05, 3.63) is 47.4 Å². The molecule has 0 atom stereocenters. The number of carbonyl (C=O) groups is 1. The predicted octanol–water partition coefficient (Wildman–Crippen LogP) is 2.71. The minimum absolute atomic E-state index is 0.155. The highest BCUT2D eigenvalue weighted by atomic mass is 35.5. The summed E-state index contributed by atoms with van der Waals surface area (Å²) in [4.78, 5) is 12.1. The summed E-state index contributed by atoms with van der Waals surface area (Å²) in [5, 5.41) is 15.2. The van der Waals surface area contributed by atoms with E-state index in [0.29, 0.717) is 28.2 Å². The number of amides is 1. The van der Waals surface area contributed by atoms with Crippen molar-refractivity contribution >= 4 is 35.0 Å². The first kappa shape index (κ1) is 17.3. The monoisotopic (exact) mass is 379 g/mol. The van der Waals surface area contributed by atoms with Gasteiger partial charge in [-0.3, -0.25) is 4.79 Å². The Hall–Kier alpha value is -2.52. The van der Waals surface area contributed by atoms with Gasteiger partial charge in [0.15, 0.2) is 0 Å². The number of nitrogens with zero attached hydrogens (tertiary/aromatic N) is 4. The Balaban J connectivity index is 1.56. The van der Waals surface area contributed by atoms with Crippen molar-refractivity contribution in [1.29, 1.82) is 0 Å². The van der Waals surface area contributed by atoms with E-state index in [1.807, 2.05) is 6.07 Å². The van der Waals surface area contributed by atoms with Gasteiger partial charge in [0.25, 0.3) is 0 Å². The summed E-state index contributed by atoms with van der Waals surface area (Å²) in [5.74, 6) is 1.23. The van der Waals surface area contributed by atoms with E-state index in [-0.39, 0.29) is 11.7 Å². The van der Waals surface area contributed by atoms with Crippen LogP contribution in [-0.2, 0) is 11.3 Å². The Labute approximate surface area is 152 Å². The highest BCUT2D eigenvalue weighted by Gasteiger charge is 2.12. The van der Waals surface area contributed by atoms with Crippen LogP contribution in [0, 0.1) is 0 Å². The zero-order valence-corrected chi connectivity index (χ0v) is 14.8. The summed E-state index contributed by atoms with van der Waals surface area (Å²) >= 11 is 7.27. The van der Waals surface area contributed by atoms with Crippen molar-refractivity contribution in [3.63, 3.8) is 0 Å². The fourth-order valence-corrected chi connectivity index (χ4v) is 2.95. The second kappa shape index (κ2) is 8.04. The number of tetrazole rings is 1. The Morgan fingerprint density at radius 1 is 1.44 bits per heavy atom. The van der Waals surface area contributed by atoms with Crippen LogP contribution in [0.1, 0.15) is 5.76 Å². The number of hydrogen-bond donors (Lipinski definition) is 1. The molecule has 8 nitrogen and oxygen atoms in total. The van der Waals surface area contributed by atoms with Crippen LogP contribution in [0.4, 0.5) is 5.69 Å². The number of carbonyl (C=O) groups excluding carboxylic acids is 1. The molecule has 0 aliphatic carbocycles. The largest absolute Gasteiger partial charge is 0.495 e. The van der Waals surface area contributed by atoms with Crippen molar-refractivity contribution in [2.45, 2.75) is 11.7 Å². The Morgan fingerprint density at radius 3 is 3.04 bits per heavy atom. The Kier molecular flexibility index (Phi) is 5.56. The van der Waals surface area contributed by atoms with E-state index < -0.39 is 0 Å². The molecule has 3 aromatic rings. The molecule has 0 radical (unpaired) electrons. The van der Waals surface area contributed by atoms with Gasteiger partial charge in [-0.2, -0.15) is 0 Å². The van der Waals surface area contributed by atoms with Gasteiger partial charge in [-0.25, -0.2) is 4.68 Å². The molecule has 25 heavy (non-hydrogen) atoms. The molecule has 0 spiro atoms. The quantitative estimate of drug-likeness (QED) is 0.630. The molecule has 0 fully saturated rings. The summed E-state index contributed by atoms with van der Waals surface area (Å²) in [5.41, 5.74) is 0.589. The first-order valence-corrected chi connectivity index (χ1v) is 8.57. The van der Waals surface area contributed by atoms with Crippen LogP contribution in [0.2, 0.25) is 5.02 Å². The molecular formula is C15H14ClN5O3S. The zero-order chi connectivity index (χ0) is 17.6. The maximum atomic E-state index is 12.1. The topological polar surface area (TPSA) is 95.1 Å². The average molecular weight is 380 g/mol. The van der Waals surface area contributed by atoms with Crippen molar-refractivity contribution in [3.8, 4) is 5.75 Å². The summed E-state index contributed by atoms with van der Waals surface area (Å²) in [6.45, 7) is 0.401. The van der Waals surface area contributed by atoms with Gasteiger partial charge in [0.1, 0.15) is 18.1 Å². The van der Waals surface area contributed by atoms with E-state index in [0.717, 1.165) is 5.76 Å². The van der Waals surface area contributed by atoms with Gasteiger partial charge in [-0.1, -0.05) is 23.4 Å². The second-order valence-electron chi connectivity index (χ2n) is 4.88. The van der Waals surface area contributed by atoms with Gasteiger partial charge in [0.05, 0.1) is 24.1 Å². The predicted molar refractivity (Wildman–Crippen MR) is 93.0 cm³/mol. The molecule has 0 unspecified atom stereocenters. The fourth-order valence-electron chi connectivity index (χ4n) is 2.02. The van der Waals surface area contributed by atoms with Gasteiger partial charge in [0, 0.05) is 5.69 Å². The van der Waals surface area contributed by atoms with E-state index in [2.05, 4.69) is 20.8 Å². The molecule has 0 saturated heterocycles. The normalized spacial score (nSPS) is 10.6. The van der Waals surface area contributed by atoms with E-state index in [1.54, 1.807) is 35.2 Å². The Bertz CT molecular complexity index is 853. The highest BCUT2D eigenvalue weighted by molar-refractivity contribution is 7.99. The van der Waals surface area contributed by atoms with Gasteiger partial charge in [0.2, 0.25) is 11.1 Å². The van der Waals surface area contributed by atoms with Crippen molar-refractivity contribution in [2.75, 3.05) is 18.2 Å². The number of ether oxygens (including phenoxy) is 1. The molecule has 1 N–H and O–H groups in total. The molecule has 0 aliphatic rings. The number of hydrogen-bond acceptors (Lipinski definition) is 7. The number of nitrogens with one attached hydrogen (secondary N) is 1. The van der Waals surface area contributed by atoms with E-state index in [9.17, 15) is 4.79 Å². The minimum Gasteiger partial charge on any atom is -0.495 e. The van der Waals surface area contributed by atoms with Crippen LogP contribution < -0.4 is 10.1 Å². The van der Waals surface area contributed by atoms with Crippen LogP contribution in [-0.4, -0.2) is 39.0 Å². The molecular weight excluding hydrogens is 366 g/mol. The lowest BCUT2D eigenvalue weighted by Crippen LogP contribution is -2.15. The van der Waals surface area contributed by atoms with Gasteiger partial charge >= 0.3 is 0 Å². The molecule has 2 heterocycles. The van der Waals surface area contributed by atoms with Gasteiger partial charge in [-0.15, -0.1) is 5.10 Å². The third-order valence-electron chi connectivity index (χ3n) is 3.15. The number of benzene rings is 1. The SMILES string of the molecule is COc1ccc(NC(=O)CSc2nnnn2Cc2ccco2)cc1Cl. The molecule has 1 aromatic carbocycles. The average Bonchev–Trinajstić information content (AvgIpc) is 3.26. The third kappa shape index (κ3) is 4.52. The van der Waals surface area contributed by atoms with Crippen molar-refractivity contribution in [2.24, 2.45) is 0 Å². The smallest absolute Gasteiger partial charge is 0.234 e. The van der Waals surface area contributed by atoms with Crippen LogP contribution in [0.3, 0.4) is 0 Å². The van der Waals surface area contributed by atoms with Crippen LogP contribution in [0.5, 0.6) is 5.75 Å². The number of anilines is 1. The summed E-state index contributed by atoms with van der Waals surface area (Å²) < 4.78 is 11.9. The zero-order valence-electron chi connectivity index (χ0n) is 13.2. The number of methoxy groups -OCH3 is 1. The lowest BCUT2D eigenvalue weighted by atomic mass is 10.3. The number of furan rings is 1. The summed E-state index contributed by atoms with van der Waals surface area (Å²) in [6.07, 6.45) is 1.58. The lowest BCUT2D eigenvalue weighted by molar-refractivity contribution is -0.113. The number of thioether (sulfide) groups is 1. The molecule has 1 amide bonds. The first-order chi connectivity index (χ1) is 12.2. The molecule has 10 heteroatoms. The number of halogens is 1. The standard InChI is InChI=1S/C15H14ClN5O3S/c1-23-13-5-4-10(7-12(13)16)17-14(22)9-25-15-18-19-20-21(15)8-11-3-2-6-24-11/h2-7H,8-9H2,1H3,(H,17,22). The second-order valence-corrected chi connectivity index (χ2v) is 6.23. The van der Waals surface area contributed by atoms with Crippen LogP contribution in [0.15, 0.2) is 46.2 Å². The maximum absolute atomic E-state index is 12.1. The highest BCUT2D eigenvalue weighted by Crippen LogP contribution is 2.27. The van der Waals surface area contributed by atoms with Crippen molar-refractivity contribution in [1.82, 2.24) is 20.2 Å².